The van der Waals surface area contributed by atoms with E-state index in [4.69, 9.17) is 16.8 Å². The number of halogens is 1. The monoisotopic (exact) mass is 186 g/mol. The van der Waals surface area contributed by atoms with Crippen molar-refractivity contribution < 1.29 is 5.21 Å². The predicted molar refractivity (Wildman–Crippen MR) is 44.9 cm³/mol. The molecule has 5 nitrogen and oxygen atoms in total. The second-order valence-electron chi connectivity index (χ2n) is 2.01. The van der Waals surface area contributed by atoms with Crippen LogP contribution in [0.2, 0.25) is 5.15 Å². The van der Waals surface area contributed by atoms with Crippen LogP contribution in [-0.4, -0.2) is 21.5 Å². The van der Waals surface area contributed by atoms with Crippen LogP contribution in [0.3, 0.4) is 0 Å². The summed E-state index contributed by atoms with van der Waals surface area (Å²) in [4.78, 5) is 11.5. The van der Waals surface area contributed by atoms with Crippen LogP contribution in [0.4, 0.5) is 5.82 Å². The summed E-state index contributed by atoms with van der Waals surface area (Å²) in [5.41, 5.74) is 2.46. The molecule has 0 aliphatic carbocycles. The minimum Gasteiger partial charge on any atom is -0.290 e. The highest BCUT2D eigenvalue weighted by molar-refractivity contribution is 6.31. The van der Waals surface area contributed by atoms with Crippen LogP contribution in [0.15, 0.2) is 11.2 Å². The summed E-state index contributed by atoms with van der Waals surface area (Å²) in [5, 5.41) is 8.39. The molecule has 0 unspecified atom stereocenters. The Morgan fingerprint density at radius 2 is 2.50 bits per heavy atom. The lowest BCUT2D eigenvalue weighted by Crippen LogP contribution is -2.01. The fraction of sp³-hybridized carbons (Fsp3) is 0.167. The van der Waals surface area contributed by atoms with Crippen LogP contribution < -0.4 is 5.48 Å². The van der Waals surface area contributed by atoms with Crippen molar-refractivity contribution in [1.29, 1.82) is 0 Å². The van der Waals surface area contributed by atoms with Crippen molar-refractivity contribution in [2.45, 2.75) is 6.92 Å². The summed E-state index contributed by atoms with van der Waals surface area (Å²) in [6.45, 7) is 1.77. The molecule has 0 amide bonds. The lowest BCUT2D eigenvalue weighted by atomic mass is 10.5. The number of hydroxylamine groups is 1. The van der Waals surface area contributed by atoms with Crippen LogP contribution in [0, 0.1) is 6.92 Å². The van der Waals surface area contributed by atoms with Gasteiger partial charge in [-0.25, -0.2) is 15.0 Å². The maximum absolute atomic E-state index is 8.18. The van der Waals surface area contributed by atoms with Gasteiger partial charge in [0.1, 0.15) is 6.34 Å². The normalized spacial score (nSPS) is 10.6. The minimum absolute atomic E-state index is 0.210. The van der Waals surface area contributed by atoms with Crippen molar-refractivity contribution in [1.82, 2.24) is 15.4 Å². The van der Waals surface area contributed by atoms with E-state index in [0.29, 0.717) is 0 Å². The third-order valence-corrected chi connectivity index (χ3v) is 1.33. The van der Waals surface area contributed by atoms with Gasteiger partial charge in [-0.2, -0.15) is 0 Å². The maximum Gasteiger partial charge on any atom is 0.191 e. The van der Waals surface area contributed by atoms with E-state index in [-0.39, 0.29) is 11.0 Å². The third-order valence-electron chi connectivity index (χ3n) is 1.08. The highest BCUT2D eigenvalue weighted by atomic mass is 35.5. The average Bonchev–Trinajstić information content (AvgIpc) is 2.03. The van der Waals surface area contributed by atoms with Gasteiger partial charge in [-0.1, -0.05) is 11.6 Å². The second kappa shape index (κ2) is 3.99. The summed E-state index contributed by atoms with van der Waals surface area (Å²) in [5.74, 6) is 0.267. The van der Waals surface area contributed by atoms with Gasteiger partial charge in [0.15, 0.2) is 11.0 Å². The zero-order chi connectivity index (χ0) is 8.97. The average molecular weight is 187 g/mol. The molecule has 1 heterocycles. The van der Waals surface area contributed by atoms with Crippen molar-refractivity contribution in [3.63, 3.8) is 0 Å². The maximum atomic E-state index is 8.18. The molecule has 6 heteroatoms. The predicted octanol–water partition coefficient (Wildman–Crippen LogP) is 1.08. The molecule has 0 aromatic carbocycles. The topological polar surface area (TPSA) is 70.4 Å². The van der Waals surface area contributed by atoms with Crippen molar-refractivity contribution in [3.05, 3.63) is 17.0 Å². The van der Waals surface area contributed by atoms with Gasteiger partial charge in [-0.15, -0.1) is 0 Å². The van der Waals surface area contributed by atoms with Crippen molar-refractivity contribution in [2.75, 3.05) is 0 Å². The van der Waals surface area contributed by atoms with Gasteiger partial charge in [-0.3, -0.25) is 10.7 Å². The molecule has 12 heavy (non-hydrogen) atoms. The van der Waals surface area contributed by atoms with Crippen molar-refractivity contribution >= 4 is 23.8 Å². The van der Waals surface area contributed by atoms with E-state index in [9.17, 15) is 0 Å². The Hall–Kier alpha value is -1.20. The molecule has 1 aromatic rings. The zero-order valence-corrected chi connectivity index (χ0v) is 7.08. The van der Waals surface area contributed by atoms with Gasteiger partial charge in [-0.05, 0) is 6.92 Å². The highest BCUT2D eigenvalue weighted by Crippen LogP contribution is 2.17. The van der Waals surface area contributed by atoms with Crippen LogP contribution in [0.25, 0.3) is 0 Å². The van der Waals surface area contributed by atoms with E-state index < -0.39 is 0 Å². The molecular formula is C6H7ClN4O. The van der Waals surface area contributed by atoms with Gasteiger partial charge >= 0.3 is 0 Å². The van der Waals surface area contributed by atoms with E-state index in [1.54, 1.807) is 12.4 Å². The Bertz CT molecular complexity index is 302. The Kier molecular flexibility index (Phi) is 2.95. The number of hydrogen-bond acceptors (Lipinski definition) is 4. The fourth-order valence-corrected chi connectivity index (χ4v) is 0.849. The van der Waals surface area contributed by atoms with Crippen LogP contribution >= 0.6 is 11.6 Å². The van der Waals surface area contributed by atoms with Gasteiger partial charge in [0.2, 0.25) is 0 Å². The van der Waals surface area contributed by atoms with E-state index in [2.05, 4.69) is 15.0 Å². The smallest absolute Gasteiger partial charge is 0.191 e. The number of aryl methyl sites for hydroxylation is 1. The van der Waals surface area contributed by atoms with Crippen LogP contribution in [-0.2, 0) is 0 Å². The first-order valence-electron chi connectivity index (χ1n) is 3.15. The Balaban J connectivity index is 2.94. The second-order valence-corrected chi connectivity index (χ2v) is 2.37. The number of rotatable bonds is 2. The van der Waals surface area contributed by atoms with Gasteiger partial charge < -0.3 is 0 Å². The van der Waals surface area contributed by atoms with E-state index in [1.165, 1.54) is 6.20 Å². The largest absolute Gasteiger partial charge is 0.290 e. The number of aliphatic imine (C=N–C) groups is 1. The molecule has 0 aliphatic heterocycles. The summed E-state index contributed by atoms with van der Waals surface area (Å²) in [6.07, 6.45) is 2.60. The lowest BCUT2D eigenvalue weighted by Gasteiger charge is -1.96. The lowest BCUT2D eigenvalue weighted by molar-refractivity contribution is 0.240. The molecule has 0 aliphatic rings. The molecule has 2 N–H and O–H groups in total. The van der Waals surface area contributed by atoms with Crippen LogP contribution in [0.5, 0.6) is 0 Å². The summed E-state index contributed by atoms with van der Waals surface area (Å²) < 4.78 is 0. The number of aromatic nitrogens is 2. The molecule has 1 aromatic heterocycles. The Morgan fingerprint density at radius 3 is 3.08 bits per heavy atom. The molecular weight excluding hydrogens is 180 g/mol. The molecule has 0 saturated carbocycles. The van der Waals surface area contributed by atoms with E-state index >= 15 is 0 Å². The first-order valence-corrected chi connectivity index (χ1v) is 3.53. The summed E-state index contributed by atoms with van der Waals surface area (Å²) >= 11 is 5.67. The molecule has 1 rings (SSSR count). The number of nitrogens with zero attached hydrogens (tertiary/aromatic N) is 3. The first-order chi connectivity index (χ1) is 5.74. The zero-order valence-electron chi connectivity index (χ0n) is 6.32. The first kappa shape index (κ1) is 8.89. The molecule has 0 bridgehead atoms. The van der Waals surface area contributed by atoms with Gasteiger partial charge in [0.25, 0.3) is 0 Å². The molecule has 0 spiro atoms. The molecule has 0 fully saturated rings. The Labute approximate surface area is 74.1 Å². The highest BCUT2D eigenvalue weighted by Gasteiger charge is 1.99. The van der Waals surface area contributed by atoms with E-state index in [0.717, 1.165) is 12.0 Å². The van der Waals surface area contributed by atoms with E-state index in [1.807, 2.05) is 0 Å². The quantitative estimate of drug-likeness (QED) is 0.412. The summed E-state index contributed by atoms with van der Waals surface area (Å²) in [6, 6.07) is 0. The number of nitrogens with one attached hydrogen (secondary N) is 1. The third kappa shape index (κ3) is 2.14. The van der Waals surface area contributed by atoms with Gasteiger partial charge in [0, 0.05) is 0 Å². The molecule has 64 valence electrons. The Morgan fingerprint density at radius 1 is 1.75 bits per heavy atom. The minimum atomic E-state index is 0.210. The summed E-state index contributed by atoms with van der Waals surface area (Å²) in [7, 11) is 0. The molecule has 0 radical (unpaired) electrons. The van der Waals surface area contributed by atoms with Crippen molar-refractivity contribution in [2.24, 2.45) is 4.99 Å². The molecule has 0 saturated heterocycles. The van der Waals surface area contributed by atoms with Crippen molar-refractivity contribution in [3.8, 4) is 0 Å². The molecule has 0 atom stereocenters. The number of hydrogen-bond donors (Lipinski definition) is 2. The SMILES string of the molecule is Cc1cnc(N=CNO)c(Cl)n1. The van der Waals surface area contributed by atoms with Crippen LogP contribution in [0.1, 0.15) is 5.69 Å². The standard InChI is InChI=1S/C6H7ClN4O/c1-4-2-8-6(5(7)11-4)9-3-10-12/h2-3,12H,1H3,(H,8,9,10). The fourth-order valence-electron chi connectivity index (χ4n) is 0.618. The van der Waals surface area contributed by atoms with Gasteiger partial charge in [0.05, 0.1) is 11.9 Å².